The van der Waals surface area contributed by atoms with Gasteiger partial charge in [-0.2, -0.15) is 0 Å². The van der Waals surface area contributed by atoms with Crippen molar-refractivity contribution in [2.45, 2.75) is 18.7 Å². The minimum atomic E-state index is -3.76. The Morgan fingerprint density at radius 1 is 1.18 bits per heavy atom. The van der Waals surface area contributed by atoms with Crippen molar-refractivity contribution in [1.82, 2.24) is 9.97 Å². The molecule has 0 amide bonds. The van der Waals surface area contributed by atoms with E-state index in [9.17, 15) is 13.2 Å². The van der Waals surface area contributed by atoms with Crippen LogP contribution in [-0.4, -0.2) is 30.8 Å². The summed E-state index contributed by atoms with van der Waals surface area (Å²) < 4.78 is 31.9. The van der Waals surface area contributed by atoms with E-state index in [2.05, 4.69) is 14.7 Å². The van der Waals surface area contributed by atoms with Gasteiger partial charge in [0.15, 0.2) is 5.78 Å². The molecule has 0 aliphatic carbocycles. The van der Waals surface area contributed by atoms with E-state index in [0.29, 0.717) is 12.2 Å². The minimum absolute atomic E-state index is 0.0476. The van der Waals surface area contributed by atoms with Crippen LogP contribution in [0, 0.1) is 0 Å². The fraction of sp³-hybridized carbons (Fsp3) is 0.214. The molecule has 2 aromatic rings. The Hall–Kier alpha value is -2.48. The summed E-state index contributed by atoms with van der Waals surface area (Å²) in [7, 11) is -3.76. The molecule has 0 aliphatic rings. The van der Waals surface area contributed by atoms with E-state index in [-0.39, 0.29) is 22.4 Å². The van der Waals surface area contributed by atoms with Crippen LogP contribution in [0.1, 0.15) is 24.2 Å². The molecule has 0 bridgehead atoms. The maximum atomic E-state index is 12.2. The summed E-state index contributed by atoms with van der Waals surface area (Å²) in [5, 5.41) is 0. The summed E-state index contributed by atoms with van der Waals surface area (Å²) in [6, 6.07) is 5.84. The first kappa shape index (κ1) is 15.9. The second-order valence-corrected chi connectivity index (χ2v) is 6.06. The van der Waals surface area contributed by atoms with Crippen molar-refractivity contribution in [1.29, 1.82) is 0 Å². The highest BCUT2D eigenvalue weighted by atomic mass is 32.2. The van der Waals surface area contributed by atoms with Crippen molar-refractivity contribution in [2.75, 3.05) is 11.3 Å². The van der Waals surface area contributed by atoms with Gasteiger partial charge >= 0.3 is 6.01 Å². The lowest BCUT2D eigenvalue weighted by atomic mass is 10.2. The number of nitrogens with one attached hydrogen (secondary N) is 1. The van der Waals surface area contributed by atoms with Gasteiger partial charge in [0.25, 0.3) is 10.0 Å². The number of rotatable bonds is 6. The molecule has 0 radical (unpaired) electrons. The fourth-order valence-corrected chi connectivity index (χ4v) is 2.68. The first-order valence-corrected chi connectivity index (χ1v) is 7.99. The smallest absolute Gasteiger partial charge is 0.316 e. The summed E-state index contributed by atoms with van der Waals surface area (Å²) in [4.78, 5) is 19.0. The number of Topliss-reactive ketones (excluding diaryl/α,β-unsaturated/α-hetero) is 1. The third kappa shape index (κ3) is 3.79. The molecule has 0 unspecified atom stereocenters. The molecule has 22 heavy (non-hydrogen) atoms. The van der Waals surface area contributed by atoms with Gasteiger partial charge in [0, 0.05) is 5.56 Å². The van der Waals surface area contributed by atoms with Gasteiger partial charge < -0.3 is 4.74 Å². The van der Waals surface area contributed by atoms with Crippen molar-refractivity contribution in [3.8, 4) is 6.01 Å². The summed E-state index contributed by atoms with van der Waals surface area (Å²) in [5.74, 6) is -0.128. The quantitative estimate of drug-likeness (QED) is 0.816. The number of ketones is 1. The Morgan fingerprint density at radius 2 is 1.77 bits per heavy atom. The molecule has 7 nitrogen and oxygen atoms in total. The van der Waals surface area contributed by atoms with Crippen molar-refractivity contribution in [3.63, 3.8) is 0 Å². The summed E-state index contributed by atoms with van der Waals surface area (Å²) in [5.41, 5.74) is 0.669. The van der Waals surface area contributed by atoms with E-state index >= 15 is 0 Å². The Balaban J connectivity index is 2.18. The van der Waals surface area contributed by atoms with Crippen LogP contribution in [0.5, 0.6) is 6.01 Å². The summed E-state index contributed by atoms with van der Waals surface area (Å²) in [6.07, 6.45) is 2.64. The molecule has 0 fully saturated rings. The van der Waals surface area contributed by atoms with Gasteiger partial charge in [-0.05, 0) is 26.0 Å². The average Bonchev–Trinajstić information content (AvgIpc) is 2.49. The zero-order valence-corrected chi connectivity index (χ0v) is 12.9. The van der Waals surface area contributed by atoms with Crippen LogP contribution in [0.25, 0.3) is 0 Å². The molecule has 116 valence electrons. The Labute approximate surface area is 128 Å². The molecule has 1 N–H and O–H groups in total. The molecule has 2 rings (SSSR count). The lowest BCUT2D eigenvalue weighted by Gasteiger charge is -2.08. The molecule has 0 spiro atoms. The molecule has 8 heteroatoms. The lowest BCUT2D eigenvalue weighted by Crippen LogP contribution is -2.13. The van der Waals surface area contributed by atoms with Crippen molar-refractivity contribution in [2.24, 2.45) is 0 Å². The van der Waals surface area contributed by atoms with E-state index in [1.54, 1.807) is 6.92 Å². The number of ether oxygens (including phenoxy) is 1. The highest BCUT2D eigenvalue weighted by molar-refractivity contribution is 7.92. The maximum Gasteiger partial charge on any atom is 0.316 e. The molecule has 0 saturated carbocycles. The third-order valence-electron chi connectivity index (χ3n) is 2.72. The number of carbonyl (C=O) groups is 1. The van der Waals surface area contributed by atoms with Gasteiger partial charge in [-0.3, -0.25) is 9.52 Å². The van der Waals surface area contributed by atoms with Gasteiger partial charge in [-0.25, -0.2) is 18.4 Å². The number of hydrogen-bond acceptors (Lipinski definition) is 6. The van der Waals surface area contributed by atoms with Crippen LogP contribution >= 0.6 is 0 Å². The van der Waals surface area contributed by atoms with E-state index in [4.69, 9.17) is 4.74 Å². The molecule has 0 aliphatic heterocycles. The molecule has 1 heterocycles. The third-order valence-corrected chi connectivity index (χ3v) is 4.12. The van der Waals surface area contributed by atoms with Crippen molar-refractivity contribution < 1.29 is 17.9 Å². The predicted octanol–water partition coefficient (Wildman–Crippen LogP) is 1.88. The molecule has 1 aromatic carbocycles. The maximum absolute atomic E-state index is 12.2. The number of anilines is 1. The fourth-order valence-electron chi connectivity index (χ4n) is 1.66. The molecular weight excluding hydrogens is 306 g/mol. The van der Waals surface area contributed by atoms with Gasteiger partial charge in [0.1, 0.15) is 0 Å². The van der Waals surface area contributed by atoms with Crippen LogP contribution in [0.15, 0.2) is 41.6 Å². The van der Waals surface area contributed by atoms with E-state index < -0.39 is 10.0 Å². The van der Waals surface area contributed by atoms with E-state index in [1.807, 2.05) is 0 Å². The molecule has 0 atom stereocenters. The number of hydrogen-bond donors (Lipinski definition) is 1. The Kier molecular flexibility index (Phi) is 4.71. The Bertz CT molecular complexity index is 756. The second kappa shape index (κ2) is 6.52. The monoisotopic (exact) mass is 321 g/mol. The van der Waals surface area contributed by atoms with Gasteiger partial charge in [0.05, 0.1) is 29.6 Å². The van der Waals surface area contributed by atoms with Crippen LogP contribution in [0.3, 0.4) is 0 Å². The van der Waals surface area contributed by atoms with Crippen LogP contribution in [0.2, 0.25) is 0 Å². The average molecular weight is 321 g/mol. The van der Waals surface area contributed by atoms with Crippen molar-refractivity contribution in [3.05, 3.63) is 42.2 Å². The number of nitrogens with zero attached hydrogens (tertiary/aromatic N) is 2. The topological polar surface area (TPSA) is 98.2 Å². The standard InChI is InChI=1S/C14H15N3O4S/c1-3-21-14-15-8-12(9-16-14)17-22(19,20)13-6-4-11(5-7-13)10(2)18/h4-9,17H,3H2,1-2H3. The van der Waals surface area contributed by atoms with E-state index in [1.165, 1.54) is 43.6 Å². The zero-order chi connectivity index (χ0) is 16.2. The highest BCUT2D eigenvalue weighted by Crippen LogP contribution is 2.16. The van der Waals surface area contributed by atoms with Gasteiger partial charge in [-0.15, -0.1) is 0 Å². The predicted molar refractivity (Wildman–Crippen MR) is 80.5 cm³/mol. The zero-order valence-electron chi connectivity index (χ0n) is 12.1. The summed E-state index contributed by atoms with van der Waals surface area (Å²) in [6.45, 7) is 3.64. The number of carbonyl (C=O) groups excluding carboxylic acids is 1. The molecular formula is C14H15N3O4S. The van der Waals surface area contributed by atoms with Crippen molar-refractivity contribution >= 4 is 21.5 Å². The normalized spacial score (nSPS) is 11.0. The minimum Gasteiger partial charge on any atom is -0.464 e. The number of aromatic nitrogens is 2. The highest BCUT2D eigenvalue weighted by Gasteiger charge is 2.15. The van der Waals surface area contributed by atoms with Gasteiger partial charge in [0.2, 0.25) is 0 Å². The van der Waals surface area contributed by atoms with Crippen LogP contribution in [-0.2, 0) is 10.0 Å². The van der Waals surface area contributed by atoms with Gasteiger partial charge in [-0.1, -0.05) is 12.1 Å². The lowest BCUT2D eigenvalue weighted by molar-refractivity contribution is 0.101. The Morgan fingerprint density at radius 3 is 2.27 bits per heavy atom. The first-order valence-electron chi connectivity index (χ1n) is 6.51. The summed E-state index contributed by atoms with van der Waals surface area (Å²) >= 11 is 0. The van der Waals surface area contributed by atoms with Crippen LogP contribution in [0.4, 0.5) is 5.69 Å². The van der Waals surface area contributed by atoms with Crippen LogP contribution < -0.4 is 9.46 Å². The largest absolute Gasteiger partial charge is 0.464 e. The van der Waals surface area contributed by atoms with E-state index in [0.717, 1.165) is 0 Å². The second-order valence-electron chi connectivity index (χ2n) is 4.37. The SMILES string of the molecule is CCOc1ncc(NS(=O)(=O)c2ccc(C(C)=O)cc2)cn1. The molecule has 1 aromatic heterocycles. The number of benzene rings is 1. The first-order chi connectivity index (χ1) is 10.4. The number of sulfonamides is 1. The molecule has 0 saturated heterocycles.